The molecular weight excluding hydrogens is 350 g/mol. The zero-order valence-corrected chi connectivity index (χ0v) is 14.7. The lowest BCUT2D eigenvalue weighted by molar-refractivity contribution is -0.468. The van der Waals surface area contributed by atoms with Crippen LogP contribution in [0, 0.1) is 17.0 Å². The molecule has 1 N–H and O–H groups in total. The second-order valence-electron chi connectivity index (χ2n) is 5.85. The molecule has 27 heavy (non-hydrogen) atoms. The first kappa shape index (κ1) is 18.1. The van der Waals surface area contributed by atoms with Crippen LogP contribution in [0.1, 0.15) is 27.8 Å². The number of rotatable bonds is 4. The Hall–Kier alpha value is -3.68. The fraction of sp³-hybridized carbons (Fsp3) is 0.158. The molecular formula is C19H17N3O5. The zero-order chi connectivity index (χ0) is 19.6. The molecule has 3 aromatic rings. The quantitative estimate of drug-likeness (QED) is 0.559. The molecule has 1 unspecified atom stereocenters. The van der Waals surface area contributed by atoms with Crippen molar-refractivity contribution in [3.05, 3.63) is 81.7 Å². The van der Waals surface area contributed by atoms with Crippen LogP contribution >= 0.6 is 0 Å². The molecule has 0 spiro atoms. The SMILES string of the molecule is COC(=O)C(NC(=O)c1c(C)n([O-])c2ccccc2[n+]1=O)c1ccccc1. The summed E-state index contributed by atoms with van der Waals surface area (Å²) in [5.41, 5.74) is 0.238. The van der Waals surface area contributed by atoms with Gasteiger partial charge in [-0.15, -0.1) is 0 Å². The number of amides is 1. The van der Waals surface area contributed by atoms with E-state index in [1.165, 1.54) is 26.2 Å². The van der Waals surface area contributed by atoms with Gasteiger partial charge in [-0.05, 0) is 18.6 Å². The molecule has 1 aromatic heterocycles. The van der Waals surface area contributed by atoms with Gasteiger partial charge >= 0.3 is 17.6 Å². The minimum Gasteiger partial charge on any atom is -0.805 e. The first-order valence-corrected chi connectivity index (χ1v) is 8.13. The van der Waals surface area contributed by atoms with Crippen LogP contribution in [-0.2, 0) is 9.53 Å². The van der Waals surface area contributed by atoms with E-state index in [1.54, 1.807) is 42.5 Å². The van der Waals surface area contributed by atoms with Crippen LogP contribution in [0.4, 0.5) is 0 Å². The zero-order valence-electron chi connectivity index (χ0n) is 14.7. The summed E-state index contributed by atoms with van der Waals surface area (Å²) in [6.45, 7) is 1.37. The van der Waals surface area contributed by atoms with Gasteiger partial charge in [0.1, 0.15) is 5.52 Å². The molecule has 1 heterocycles. The average molecular weight is 367 g/mol. The number of nitrogens with one attached hydrogen (secondary N) is 1. The number of benzene rings is 2. The third-order valence-electron chi connectivity index (χ3n) is 4.23. The van der Waals surface area contributed by atoms with Gasteiger partial charge in [0.25, 0.3) is 5.52 Å². The minimum atomic E-state index is -1.12. The molecule has 138 valence electrons. The normalized spacial score (nSPS) is 11.8. The lowest BCUT2D eigenvalue weighted by Gasteiger charge is -2.18. The topological polar surface area (TPSA) is 106 Å². The van der Waals surface area contributed by atoms with E-state index in [2.05, 4.69) is 5.32 Å². The van der Waals surface area contributed by atoms with Crippen molar-refractivity contribution in [2.75, 3.05) is 7.11 Å². The Bertz CT molecular complexity index is 1080. The molecule has 1 amide bonds. The number of esters is 1. The van der Waals surface area contributed by atoms with E-state index in [0.717, 1.165) is 0 Å². The number of hydrogen-bond acceptors (Lipinski definition) is 5. The summed E-state index contributed by atoms with van der Waals surface area (Å²) >= 11 is 0. The van der Waals surface area contributed by atoms with E-state index < -0.39 is 17.9 Å². The van der Waals surface area contributed by atoms with Gasteiger partial charge in [0.2, 0.25) is 0 Å². The van der Waals surface area contributed by atoms with Crippen LogP contribution < -0.4 is 9.74 Å². The van der Waals surface area contributed by atoms with Crippen molar-refractivity contribution < 1.29 is 18.8 Å². The lowest BCUT2D eigenvalue weighted by atomic mass is 10.1. The van der Waals surface area contributed by atoms with Gasteiger partial charge in [-0.3, -0.25) is 4.79 Å². The molecule has 8 heteroatoms. The number of ether oxygens (including phenoxy) is 1. The molecule has 8 nitrogen and oxygen atoms in total. The highest BCUT2D eigenvalue weighted by Crippen LogP contribution is 2.17. The number of fused-ring (bicyclic) bond motifs is 1. The number of carbonyl (C=O) groups is 2. The number of hydrogen-bond donors (Lipinski definition) is 1. The Labute approximate surface area is 154 Å². The Balaban J connectivity index is 2.07. The van der Waals surface area contributed by atoms with Crippen molar-refractivity contribution in [3.63, 3.8) is 0 Å². The summed E-state index contributed by atoms with van der Waals surface area (Å²) in [6, 6.07) is 13.5. The lowest BCUT2D eigenvalue weighted by Crippen LogP contribution is -2.41. The van der Waals surface area contributed by atoms with Gasteiger partial charge < -0.3 is 20.0 Å². The number of carbonyl (C=O) groups excluding carboxylic acids is 2. The fourth-order valence-corrected chi connectivity index (χ4v) is 2.85. The molecule has 0 aliphatic rings. The minimum absolute atomic E-state index is 0.0533. The first-order chi connectivity index (χ1) is 13.0. The molecule has 1 atom stereocenters. The largest absolute Gasteiger partial charge is 0.805 e. The van der Waals surface area contributed by atoms with Crippen LogP contribution in [-0.4, -0.2) is 23.7 Å². The van der Waals surface area contributed by atoms with Gasteiger partial charge in [0.15, 0.2) is 6.04 Å². The van der Waals surface area contributed by atoms with Gasteiger partial charge in [-0.25, -0.2) is 4.79 Å². The summed E-state index contributed by atoms with van der Waals surface area (Å²) in [5.74, 6) is -1.54. The maximum Gasteiger partial charge on any atom is 0.346 e. The molecule has 3 rings (SSSR count). The number of aromatic nitrogens is 2. The summed E-state index contributed by atoms with van der Waals surface area (Å²) < 4.78 is 5.67. The molecule has 0 radical (unpaired) electrons. The van der Waals surface area contributed by atoms with Gasteiger partial charge in [-0.1, -0.05) is 42.5 Å². The second-order valence-corrected chi connectivity index (χ2v) is 5.85. The first-order valence-electron chi connectivity index (χ1n) is 8.13. The van der Waals surface area contributed by atoms with Crippen molar-refractivity contribution in [2.45, 2.75) is 13.0 Å². The Morgan fingerprint density at radius 3 is 2.41 bits per heavy atom. The Morgan fingerprint density at radius 2 is 1.74 bits per heavy atom. The molecule has 0 aliphatic heterocycles. The van der Waals surface area contributed by atoms with Gasteiger partial charge in [-0.2, -0.15) is 0 Å². The van der Waals surface area contributed by atoms with Crippen LogP contribution in [0.25, 0.3) is 11.0 Å². The molecule has 0 saturated heterocycles. The third-order valence-corrected chi connectivity index (χ3v) is 4.23. The van der Waals surface area contributed by atoms with Crippen LogP contribution in [0.2, 0.25) is 0 Å². The van der Waals surface area contributed by atoms with E-state index in [-0.39, 0.29) is 22.4 Å². The highest BCUT2D eigenvalue weighted by molar-refractivity contribution is 5.96. The summed E-state index contributed by atoms with van der Waals surface area (Å²) in [7, 11) is 1.20. The van der Waals surface area contributed by atoms with E-state index in [4.69, 9.17) is 4.74 Å². The predicted octanol–water partition coefficient (Wildman–Crippen LogP) is 1.85. The summed E-state index contributed by atoms with van der Waals surface area (Å²) in [6.07, 6.45) is 0. The second kappa shape index (κ2) is 7.28. The monoisotopic (exact) mass is 367 g/mol. The van der Waals surface area contributed by atoms with Crippen LogP contribution in [0.3, 0.4) is 0 Å². The van der Waals surface area contributed by atoms with Crippen molar-refractivity contribution in [2.24, 2.45) is 0 Å². The third kappa shape index (κ3) is 3.24. The Morgan fingerprint density at radius 1 is 1.11 bits per heavy atom. The number of para-hydroxylation sites is 2. The molecule has 0 saturated carbocycles. The van der Waals surface area contributed by atoms with E-state index in [9.17, 15) is 19.7 Å². The molecule has 0 bridgehead atoms. The van der Waals surface area contributed by atoms with Gasteiger partial charge in [0, 0.05) is 11.0 Å². The van der Waals surface area contributed by atoms with E-state index in [0.29, 0.717) is 14.7 Å². The predicted molar refractivity (Wildman–Crippen MR) is 97.5 cm³/mol. The molecule has 0 aliphatic carbocycles. The smallest absolute Gasteiger partial charge is 0.346 e. The standard InChI is InChI=1S/C19H17N3O5/c1-12-17(22(26)15-11-7-6-10-14(15)21(12)25)18(23)20-16(19(24)27-2)13-8-4-3-5-9-13/h3-11,16H,1-2H3,(H,20,23). The maximum absolute atomic E-state index is 12.8. The summed E-state index contributed by atoms with van der Waals surface area (Å²) in [5, 5.41) is 14.9. The maximum atomic E-state index is 12.8. The fourth-order valence-electron chi connectivity index (χ4n) is 2.85. The van der Waals surface area contributed by atoms with E-state index >= 15 is 0 Å². The number of methoxy groups -OCH3 is 1. The van der Waals surface area contributed by atoms with Gasteiger partial charge in [0.05, 0.1) is 17.2 Å². The van der Waals surface area contributed by atoms with Crippen molar-refractivity contribution in [1.82, 2.24) is 10.0 Å². The highest BCUT2D eigenvalue weighted by Gasteiger charge is 2.31. The van der Waals surface area contributed by atoms with Crippen molar-refractivity contribution in [3.8, 4) is 0 Å². The van der Waals surface area contributed by atoms with Crippen LogP contribution in [0.15, 0.2) is 54.6 Å². The average Bonchev–Trinajstić information content (AvgIpc) is 2.70. The van der Waals surface area contributed by atoms with Crippen molar-refractivity contribution in [1.29, 1.82) is 0 Å². The van der Waals surface area contributed by atoms with Crippen molar-refractivity contribution >= 4 is 22.9 Å². The van der Waals surface area contributed by atoms with Crippen LogP contribution in [0.5, 0.6) is 0 Å². The number of nitrogens with zero attached hydrogens (tertiary/aromatic N) is 2. The summed E-state index contributed by atoms with van der Waals surface area (Å²) in [4.78, 5) is 37.6. The highest BCUT2D eigenvalue weighted by atomic mass is 16.5. The molecule has 0 fully saturated rings. The van der Waals surface area contributed by atoms with E-state index in [1.807, 2.05) is 0 Å². The molecule has 2 aromatic carbocycles. The Kier molecular flexibility index (Phi) is 4.89.